The highest BCUT2D eigenvalue weighted by Crippen LogP contribution is 2.25. The number of aryl methyl sites for hydroxylation is 1. The molecule has 2 rings (SSSR count). The summed E-state index contributed by atoms with van der Waals surface area (Å²) in [4.78, 5) is 13.5. The van der Waals surface area contributed by atoms with Gasteiger partial charge in [-0.1, -0.05) is 23.8 Å². The molecule has 4 nitrogen and oxygen atoms in total. The molecule has 23 heavy (non-hydrogen) atoms. The van der Waals surface area contributed by atoms with Crippen LogP contribution < -0.4 is 5.32 Å². The SMILES string of the molecule is Cc1ccc(SC(C)C(=O)Nc2cccc(S(C)(=O)=O)c2)cc1. The predicted octanol–water partition coefficient (Wildman–Crippen LogP) is 3.52. The molecule has 2 aromatic carbocycles. The molecule has 1 N–H and O–H groups in total. The predicted molar refractivity (Wildman–Crippen MR) is 94.7 cm³/mol. The fourth-order valence-electron chi connectivity index (χ4n) is 1.92. The quantitative estimate of drug-likeness (QED) is 0.839. The molecule has 2 aromatic rings. The number of anilines is 1. The molecule has 0 spiro atoms. The summed E-state index contributed by atoms with van der Waals surface area (Å²) in [6.45, 7) is 3.83. The van der Waals surface area contributed by atoms with E-state index in [-0.39, 0.29) is 16.1 Å². The summed E-state index contributed by atoms with van der Waals surface area (Å²) in [6.07, 6.45) is 1.14. The summed E-state index contributed by atoms with van der Waals surface area (Å²) in [5.74, 6) is -0.166. The minimum atomic E-state index is -3.29. The summed E-state index contributed by atoms with van der Waals surface area (Å²) < 4.78 is 23.1. The van der Waals surface area contributed by atoms with Crippen molar-refractivity contribution in [2.75, 3.05) is 11.6 Å². The fourth-order valence-corrected chi connectivity index (χ4v) is 3.46. The van der Waals surface area contributed by atoms with Gasteiger partial charge in [0.2, 0.25) is 5.91 Å². The van der Waals surface area contributed by atoms with Gasteiger partial charge in [0.15, 0.2) is 9.84 Å². The highest BCUT2D eigenvalue weighted by atomic mass is 32.2. The van der Waals surface area contributed by atoms with E-state index in [0.717, 1.165) is 11.2 Å². The van der Waals surface area contributed by atoms with E-state index >= 15 is 0 Å². The minimum absolute atomic E-state index is 0.166. The number of hydrogen-bond donors (Lipinski definition) is 1. The van der Waals surface area contributed by atoms with E-state index in [2.05, 4.69) is 5.32 Å². The van der Waals surface area contributed by atoms with Crippen LogP contribution in [-0.2, 0) is 14.6 Å². The molecule has 0 fully saturated rings. The maximum absolute atomic E-state index is 12.3. The van der Waals surface area contributed by atoms with Gasteiger partial charge in [0.1, 0.15) is 0 Å². The second-order valence-corrected chi connectivity index (χ2v) is 8.79. The third kappa shape index (κ3) is 5.11. The van der Waals surface area contributed by atoms with Gasteiger partial charge in [-0.3, -0.25) is 4.79 Å². The number of thioether (sulfide) groups is 1. The van der Waals surface area contributed by atoms with E-state index in [9.17, 15) is 13.2 Å². The van der Waals surface area contributed by atoms with Gasteiger partial charge in [-0.2, -0.15) is 0 Å². The summed E-state index contributed by atoms with van der Waals surface area (Å²) in [7, 11) is -3.29. The summed E-state index contributed by atoms with van der Waals surface area (Å²) in [6, 6.07) is 14.2. The highest BCUT2D eigenvalue weighted by Gasteiger charge is 2.15. The van der Waals surface area contributed by atoms with E-state index in [4.69, 9.17) is 0 Å². The standard InChI is InChI=1S/C17H19NO3S2/c1-12-7-9-15(10-8-12)22-13(2)17(19)18-14-5-4-6-16(11-14)23(3,20)21/h4-11,13H,1-3H3,(H,18,19). The van der Waals surface area contributed by atoms with Crippen LogP contribution >= 0.6 is 11.8 Å². The minimum Gasteiger partial charge on any atom is -0.325 e. The molecule has 0 radical (unpaired) electrons. The Morgan fingerprint density at radius 3 is 2.39 bits per heavy atom. The summed E-state index contributed by atoms with van der Waals surface area (Å²) in [5.41, 5.74) is 1.65. The second-order valence-electron chi connectivity index (χ2n) is 5.36. The molecule has 1 atom stereocenters. The summed E-state index contributed by atoms with van der Waals surface area (Å²) in [5, 5.41) is 2.47. The zero-order valence-corrected chi connectivity index (χ0v) is 14.9. The Morgan fingerprint density at radius 2 is 1.78 bits per heavy atom. The van der Waals surface area contributed by atoms with E-state index in [1.165, 1.54) is 29.5 Å². The van der Waals surface area contributed by atoms with E-state index in [1.807, 2.05) is 38.1 Å². The zero-order chi connectivity index (χ0) is 17.0. The van der Waals surface area contributed by atoms with Gasteiger partial charge in [-0.05, 0) is 44.2 Å². The maximum Gasteiger partial charge on any atom is 0.237 e. The van der Waals surface area contributed by atoms with Crippen LogP contribution in [0.5, 0.6) is 0 Å². The van der Waals surface area contributed by atoms with Crippen molar-refractivity contribution in [3.05, 3.63) is 54.1 Å². The first-order valence-electron chi connectivity index (χ1n) is 7.10. The average Bonchev–Trinajstić information content (AvgIpc) is 2.49. The lowest BCUT2D eigenvalue weighted by Gasteiger charge is -2.12. The van der Waals surface area contributed by atoms with Crippen LogP contribution in [0.25, 0.3) is 0 Å². The molecule has 0 saturated heterocycles. The van der Waals surface area contributed by atoms with Crippen LogP contribution in [0, 0.1) is 6.92 Å². The van der Waals surface area contributed by atoms with Crippen molar-refractivity contribution in [1.82, 2.24) is 0 Å². The lowest BCUT2D eigenvalue weighted by Crippen LogP contribution is -2.22. The third-order valence-electron chi connectivity index (χ3n) is 3.23. The molecular weight excluding hydrogens is 330 g/mol. The fraction of sp³-hybridized carbons (Fsp3) is 0.235. The summed E-state index contributed by atoms with van der Waals surface area (Å²) >= 11 is 1.46. The first-order chi connectivity index (χ1) is 10.8. The number of amides is 1. The van der Waals surface area contributed by atoms with Crippen molar-refractivity contribution in [2.45, 2.75) is 28.9 Å². The molecule has 0 aliphatic heterocycles. The van der Waals surface area contributed by atoms with Crippen molar-refractivity contribution in [3.63, 3.8) is 0 Å². The number of benzene rings is 2. The Hall–Kier alpha value is -1.79. The second kappa shape index (κ2) is 7.19. The first-order valence-corrected chi connectivity index (χ1v) is 9.87. The van der Waals surface area contributed by atoms with Gasteiger partial charge in [0.05, 0.1) is 10.1 Å². The number of carbonyl (C=O) groups excluding carboxylic acids is 1. The number of rotatable bonds is 5. The zero-order valence-electron chi connectivity index (χ0n) is 13.2. The Bertz CT molecular complexity index is 799. The molecule has 1 amide bonds. The third-order valence-corrected chi connectivity index (χ3v) is 5.45. The normalized spacial score (nSPS) is 12.7. The van der Waals surface area contributed by atoms with Gasteiger partial charge >= 0.3 is 0 Å². The lowest BCUT2D eigenvalue weighted by molar-refractivity contribution is -0.115. The van der Waals surface area contributed by atoms with Crippen LogP contribution in [0.15, 0.2) is 58.3 Å². The van der Waals surface area contributed by atoms with Gasteiger partial charge in [0.25, 0.3) is 0 Å². The molecule has 0 saturated carbocycles. The van der Waals surface area contributed by atoms with Crippen molar-refractivity contribution in [1.29, 1.82) is 0 Å². The van der Waals surface area contributed by atoms with E-state index in [0.29, 0.717) is 5.69 Å². The van der Waals surface area contributed by atoms with Gasteiger partial charge in [-0.15, -0.1) is 11.8 Å². The topological polar surface area (TPSA) is 63.2 Å². The Labute approximate surface area is 141 Å². The number of hydrogen-bond acceptors (Lipinski definition) is 4. The Kier molecular flexibility index (Phi) is 5.49. The smallest absolute Gasteiger partial charge is 0.237 e. The molecule has 0 aromatic heterocycles. The molecule has 122 valence electrons. The lowest BCUT2D eigenvalue weighted by atomic mass is 10.2. The largest absolute Gasteiger partial charge is 0.325 e. The molecule has 0 heterocycles. The van der Waals surface area contributed by atoms with E-state index < -0.39 is 9.84 Å². The van der Waals surface area contributed by atoms with Crippen LogP contribution in [0.4, 0.5) is 5.69 Å². The van der Waals surface area contributed by atoms with Gasteiger partial charge in [-0.25, -0.2) is 8.42 Å². The Balaban J connectivity index is 2.05. The van der Waals surface area contributed by atoms with Crippen molar-refractivity contribution >= 4 is 33.2 Å². The molecule has 0 bridgehead atoms. The van der Waals surface area contributed by atoms with Crippen LogP contribution in [0.2, 0.25) is 0 Å². The molecular formula is C17H19NO3S2. The van der Waals surface area contributed by atoms with Gasteiger partial charge in [0, 0.05) is 16.8 Å². The maximum atomic E-state index is 12.3. The van der Waals surface area contributed by atoms with Crippen LogP contribution in [0.1, 0.15) is 12.5 Å². The van der Waals surface area contributed by atoms with Crippen molar-refractivity contribution in [2.24, 2.45) is 0 Å². The Morgan fingerprint density at radius 1 is 1.13 bits per heavy atom. The highest BCUT2D eigenvalue weighted by molar-refractivity contribution is 8.00. The molecule has 0 aliphatic carbocycles. The molecule has 6 heteroatoms. The van der Waals surface area contributed by atoms with E-state index in [1.54, 1.807) is 12.1 Å². The number of carbonyl (C=O) groups is 1. The monoisotopic (exact) mass is 349 g/mol. The van der Waals surface area contributed by atoms with Crippen LogP contribution in [-0.4, -0.2) is 25.8 Å². The van der Waals surface area contributed by atoms with Crippen LogP contribution in [0.3, 0.4) is 0 Å². The number of nitrogens with one attached hydrogen (secondary N) is 1. The average molecular weight is 349 g/mol. The molecule has 0 aliphatic rings. The van der Waals surface area contributed by atoms with Crippen molar-refractivity contribution in [3.8, 4) is 0 Å². The molecule has 1 unspecified atom stereocenters. The van der Waals surface area contributed by atoms with Gasteiger partial charge < -0.3 is 5.32 Å². The number of sulfone groups is 1. The van der Waals surface area contributed by atoms with Crippen molar-refractivity contribution < 1.29 is 13.2 Å². The first kappa shape index (κ1) is 17.6.